The van der Waals surface area contributed by atoms with Gasteiger partial charge in [-0.2, -0.15) is 0 Å². The summed E-state index contributed by atoms with van der Waals surface area (Å²) in [4.78, 5) is 11.9. The van der Waals surface area contributed by atoms with Crippen molar-refractivity contribution in [2.24, 2.45) is 0 Å². The molecule has 0 saturated heterocycles. The molecule has 0 fully saturated rings. The van der Waals surface area contributed by atoms with E-state index >= 15 is 0 Å². The number of sulfonamides is 1. The fourth-order valence-electron chi connectivity index (χ4n) is 2.13. The number of aryl methyl sites for hydroxylation is 1. The third-order valence-corrected chi connectivity index (χ3v) is 4.74. The van der Waals surface area contributed by atoms with Crippen LogP contribution in [0.15, 0.2) is 47.4 Å². The summed E-state index contributed by atoms with van der Waals surface area (Å²) in [7, 11) is -2.57. The Bertz CT molecular complexity index is 858. The molecule has 0 aliphatic rings. The summed E-state index contributed by atoms with van der Waals surface area (Å²) in [6.07, 6.45) is -0.305. The molecule has 0 radical (unpaired) electrons. The van der Waals surface area contributed by atoms with Crippen molar-refractivity contribution < 1.29 is 22.7 Å². The van der Waals surface area contributed by atoms with Gasteiger partial charge in [0.25, 0.3) is 10.0 Å². The standard InChI is InChI=1S/C18H21NO5S/c1-12(2)24-18(20)14-7-10-16(23-4)17(11-14)25(21,22)19-15-8-5-13(3)6-9-15/h5-12,19H,1-4H3. The van der Waals surface area contributed by atoms with Crippen LogP contribution in [-0.4, -0.2) is 27.6 Å². The van der Waals surface area contributed by atoms with Gasteiger partial charge in [-0.1, -0.05) is 17.7 Å². The molecule has 0 heterocycles. The molecule has 7 heteroatoms. The summed E-state index contributed by atoms with van der Waals surface area (Å²) >= 11 is 0. The van der Waals surface area contributed by atoms with E-state index in [1.807, 2.05) is 6.92 Å². The van der Waals surface area contributed by atoms with Crippen molar-refractivity contribution in [3.05, 3.63) is 53.6 Å². The number of benzene rings is 2. The molecular weight excluding hydrogens is 342 g/mol. The van der Waals surface area contributed by atoms with E-state index in [-0.39, 0.29) is 22.3 Å². The van der Waals surface area contributed by atoms with E-state index in [0.717, 1.165) is 5.56 Å². The van der Waals surface area contributed by atoms with E-state index < -0.39 is 16.0 Å². The second kappa shape index (κ2) is 7.57. The molecule has 0 aromatic heterocycles. The third-order valence-electron chi connectivity index (χ3n) is 3.34. The number of carbonyl (C=O) groups excluding carboxylic acids is 1. The van der Waals surface area contributed by atoms with Crippen LogP contribution in [0.3, 0.4) is 0 Å². The molecule has 0 saturated carbocycles. The molecule has 0 aliphatic heterocycles. The van der Waals surface area contributed by atoms with Gasteiger partial charge in [0, 0.05) is 5.69 Å². The van der Waals surface area contributed by atoms with Gasteiger partial charge in [-0.05, 0) is 51.1 Å². The smallest absolute Gasteiger partial charge is 0.338 e. The molecule has 1 N–H and O–H groups in total. The van der Waals surface area contributed by atoms with Gasteiger partial charge < -0.3 is 9.47 Å². The first-order chi connectivity index (χ1) is 11.7. The molecule has 134 valence electrons. The third kappa shape index (κ3) is 4.73. The van der Waals surface area contributed by atoms with Crippen LogP contribution >= 0.6 is 0 Å². The maximum atomic E-state index is 12.7. The van der Waals surface area contributed by atoms with Gasteiger partial charge in [-0.25, -0.2) is 13.2 Å². The van der Waals surface area contributed by atoms with E-state index in [0.29, 0.717) is 5.69 Å². The number of esters is 1. The summed E-state index contributed by atoms with van der Waals surface area (Å²) < 4.78 is 38.2. The van der Waals surface area contributed by atoms with Crippen LogP contribution < -0.4 is 9.46 Å². The highest BCUT2D eigenvalue weighted by Crippen LogP contribution is 2.27. The lowest BCUT2D eigenvalue weighted by molar-refractivity contribution is 0.0377. The van der Waals surface area contributed by atoms with Gasteiger partial charge in [0.15, 0.2) is 0 Å². The fourth-order valence-corrected chi connectivity index (χ4v) is 3.38. The zero-order valence-corrected chi connectivity index (χ0v) is 15.4. The van der Waals surface area contributed by atoms with Crippen molar-refractivity contribution in [3.8, 4) is 5.75 Å². The molecule has 0 aliphatic carbocycles. The average Bonchev–Trinajstić information content (AvgIpc) is 2.55. The molecule has 6 nitrogen and oxygen atoms in total. The normalized spacial score (nSPS) is 11.2. The molecular formula is C18H21NO5S. The van der Waals surface area contributed by atoms with Crippen LogP contribution in [0.5, 0.6) is 5.75 Å². The molecule has 0 amide bonds. The lowest BCUT2D eigenvalue weighted by Crippen LogP contribution is -2.16. The molecule has 25 heavy (non-hydrogen) atoms. The Hall–Kier alpha value is -2.54. The van der Waals surface area contributed by atoms with E-state index in [2.05, 4.69) is 4.72 Å². The maximum Gasteiger partial charge on any atom is 0.338 e. The average molecular weight is 363 g/mol. The Morgan fingerprint density at radius 2 is 1.72 bits per heavy atom. The first-order valence-corrected chi connectivity index (χ1v) is 9.20. The van der Waals surface area contributed by atoms with Crippen LogP contribution in [0.2, 0.25) is 0 Å². The van der Waals surface area contributed by atoms with Crippen molar-refractivity contribution in [1.29, 1.82) is 0 Å². The lowest BCUT2D eigenvalue weighted by Gasteiger charge is -2.14. The molecule has 2 aromatic carbocycles. The Morgan fingerprint density at radius 3 is 2.28 bits per heavy atom. The highest BCUT2D eigenvalue weighted by Gasteiger charge is 2.22. The largest absolute Gasteiger partial charge is 0.495 e. The number of anilines is 1. The van der Waals surface area contributed by atoms with Gasteiger partial charge in [0.05, 0.1) is 18.8 Å². The van der Waals surface area contributed by atoms with Crippen molar-refractivity contribution in [3.63, 3.8) is 0 Å². The van der Waals surface area contributed by atoms with Crippen molar-refractivity contribution >= 4 is 21.7 Å². The van der Waals surface area contributed by atoms with E-state index in [9.17, 15) is 13.2 Å². The van der Waals surface area contributed by atoms with Gasteiger partial charge in [0.1, 0.15) is 10.6 Å². The topological polar surface area (TPSA) is 81.7 Å². The maximum absolute atomic E-state index is 12.7. The van der Waals surface area contributed by atoms with Crippen molar-refractivity contribution in [2.75, 3.05) is 11.8 Å². The number of nitrogens with one attached hydrogen (secondary N) is 1. The number of methoxy groups -OCH3 is 1. The Balaban J connectivity index is 2.40. The quantitative estimate of drug-likeness (QED) is 0.796. The predicted molar refractivity (Wildman–Crippen MR) is 95.5 cm³/mol. The minimum atomic E-state index is -3.94. The number of hydrogen-bond donors (Lipinski definition) is 1. The summed E-state index contributed by atoms with van der Waals surface area (Å²) in [6, 6.07) is 11.1. The van der Waals surface area contributed by atoms with Crippen LogP contribution in [0.1, 0.15) is 29.8 Å². The zero-order valence-electron chi connectivity index (χ0n) is 14.6. The second-order valence-corrected chi connectivity index (χ2v) is 7.44. The first-order valence-electron chi connectivity index (χ1n) is 7.71. The van der Waals surface area contributed by atoms with Crippen LogP contribution in [0.25, 0.3) is 0 Å². The first kappa shape index (κ1) is 18.8. The number of hydrogen-bond acceptors (Lipinski definition) is 5. The fraction of sp³-hybridized carbons (Fsp3) is 0.278. The second-order valence-electron chi connectivity index (χ2n) is 5.79. The molecule has 2 rings (SSSR count). The highest BCUT2D eigenvalue weighted by atomic mass is 32.2. The predicted octanol–water partition coefficient (Wildman–Crippen LogP) is 3.37. The van der Waals surface area contributed by atoms with Crippen LogP contribution in [-0.2, 0) is 14.8 Å². The summed E-state index contributed by atoms with van der Waals surface area (Å²) in [5, 5.41) is 0. The monoisotopic (exact) mass is 363 g/mol. The summed E-state index contributed by atoms with van der Waals surface area (Å²) in [6.45, 7) is 5.35. The van der Waals surface area contributed by atoms with E-state index in [4.69, 9.17) is 9.47 Å². The Labute approximate surface area is 147 Å². The van der Waals surface area contributed by atoms with Crippen molar-refractivity contribution in [2.45, 2.75) is 31.8 Å². The van der Waals surface area contributed by atoms with Crippen molar-refractivity contribution in [1.82, 2.24) is 0 Å². The Morgan fingerprint density at radius 1 is 1.08 bits per heavy atom. The highest BCUT2D eigenvalue weighted by molar-refractivity contribution is 7.92. The number of ether oxygens (including phenoxy) is 2. The van der Waals surface area contributed by atoms with Crippen LogP contribution in [0, 0.1) is 6.92 Å². The molecule has 0 spiro atoms. The SMILES string of the molecule is COc1ccc(C(=O)OC(C)C)cc1S(=O)(=O)Nc1ccc(C)cc1. The molecule has 0 bridgehead atoms. The minimum absolute atomic E-state index is 0.131. The lowest BCUT2D eigenvalue weighted by atomic mass is 10.2. The summed E-state index contributed by atoms with van der Waals surface area (Å²) in [5.74, 6) is -0.454. The van der Waals surface area contributed by atoms with Crippen LogP contribution in [0.4, 0.5) is 5.69 Å². The number of carbonyl (C=O) groups is 1. The zero-order chi connectivity index (χ0) is 18.6. The van der Waals surface area contributed by atoms with E-state index in [1.54, 1.807) is 38.1 Å². The van der Waals surface area contributed by atoms with Gasteiger partial charge in [-0.3, -0.25) is 4.72 Å². The Kier molecular flexibility index (Phi) is 5.69. The number of rotatable bonds is 6. The molecule has 2 aromatic rings. The van der Waals surface area contributed by atoms with Gasteiger partial charge >= 0.3 is 5.97 Å². The molecule has 0 unspecified atom stereocenters. The minimum Gasteiger partial charge on any atom is -0.495 e. The summed E-state index contributed by atoms with van der Waals surface area (Å²) in [5.41, 5.74) is 1.57. The van der Waals surface area contributed by atoms with Gasteiger partial charge in [0.2, 0.25) is 0 Å². The van der Waals surface area contributed by atoms with Gasteiger partial charge in [-0.15, -0.1) is 0 Å². The molecule has 0 atom stereocenters. The van der Waals surface area contributed by atoms with E-state index in [1.165, 1.54) is 25.3 Å².